The molecule has 0 unspecified atom stereocenters. The van der Waals surface area contributed by atoms with Crippen LogP contribution in [0.3, 0.4) is 0 Å². The fourth-order valence-corrected chi connectivity index (χ4v) is 4.89. The summed E-state index contributed by atoms with van der Waals surface area (Å²) < 4.78 is 14.4. The highest BCUT2D eigenvalue weighted by Gasteiger charge is 2.14. The van der Waals surface area contributed by atoms with E-state index in [1.807, 2.05) is 0 Å². The molecular weight excluding hydrogens is 420 g/mol. The van der Waals surface area contributed by atoms with Crippen molar-refractivity contribution in [2.45, 2.75) is 32.9 Å². The summed E-state index contributed by atoms with van der Waals surface area (Å²) in [4.78, 5) is 2.49. The Morgan fingerprint density at radius 1 is 0.853 bits per heavy atom. The zero-order valence-corrected chi connectivity index (χ0v) is 20.3. The maximum atomic E-state index is 6.13. The van der Waals surface area contributed by atoms with Crippen LogP contribution in [0.25, 0.3) is 10.9 Å². The summed E-state index contributed by atoms with van der Waals surface area (Å²) in [5.41, 5.74) is 7.86. The molecule has 4 nitrogen and oxygen atoms in total. The van der Waals surface area contributed by atoms with Crippen LogP contribution in [0.15, 0.2) is 72.8 Å². The fourth-order valence-electron chi connectivity index (χ4n) is 4.89. The number of para-hydroxylation sites is 1. The van der Waals surface area contributed by atoms with Crippen molar-refractivity contribution in [3.8, 4) is 5.75 Å². The third-order valence-electron chi connectivity index (χ3n) is 6.80. The van der Waals surface area contributed by atoms with Gasteiger partial charge in [-0.2, -0.15) is 0 Å². The molecule has 4 heteroatoms. The number of hydrogen-bond donors (Lipinski definition) is 0. The highest BCUT2D eigenvalue weighted by atomic mass is 16.5. The minimum Gasteiger partial charge on any atom is -0.491 e. The highest BCUT2D eigenvalue weighted by Crippen LogP contribution is 2.25. The van der Waals surface area contributed by atoms with Crippen LogP contribution in [0, 0.1) is 0 Å². The number of fused-ring (bicyclic) bond motifs is 4. The van der Waals surface area contributed by atoms with Gasteiger partial charge in [0.2, 0.25) is 0 Å². The fraction of sp³-hybridized carbons (Fsp3) is 0.333. The average molecular weight is 455 g/mol. The Labute approximate surface area is 202 Å². The molecular formula is C30H34N2O2. The Morgan fingerprint density at radius 3 is 2.62 bits per heavy atom. The van der Waals surface area contributed by atoms with E-state index < -0.39 is 0 Å². The van der Waals surface area contributed by atoms with Crippen molar-refractivity contribution in [2.24, 2.45) is 7.05 Å². The standard InChI is InChI=1S/C30H34N2O2/c1-3-23-11-12-30-27(18-23)19-24-7-6-8-25(17-24)21-32(13-14-33-15-16-34-30)22-28-20-26-9-4-5-10-29(26)31(28)2/h4-12,17-18,20H,3,13-16,19,21-22H2,1-2H3. The van der Waals surface area contributed by atoms with Crippen molar-refractivity contribution < 1.29 is 9.47 Å². The minimum absolute atomic E-state index is 0.571. The number of nitrogens with zero attached hydrogens (tertiary/aromatic N) is 2. The summed E-state index contributed by atoms with van der Waals surface area (Å²) in [6, 6.07) is 26.5. The van der Waals surface area contributed by atoms with Gasteiger partial charge in [-0.25, -0.2) is 0 Å². The maximum absolute atomic E-state index is 6.13. The summed E-state index contributed by atoms with van der Waals surface area (Å²) in [5, 5.41) is 1.29. The molecule has 0 amide bonds. The van der Waals surface area contributed by atoms with Gasteiger partial charge in [-0.3, -0.25) is 4.90 Å². The van der Waals surface area contributed by atoms with Gasteiger partial charge in [0.05, 0.1) is 13.2 Å². The zero-order valence-electron chi connectivity index (χ0n) is 20.3. The first-order chi connectivity index (χ1) is 16.7. The van der Waals surface area contributed by atoms with Crippen LogP contribution in [-0.4, -0.2) is 35.8 Å². The second kappa shape index (κ2) is 10.5. The highest BCUT2D eigenvalue weighted by molar-refractivity contribution is 5.81. The maximum Gasteiger partial charge on any atom is 0.122 e. The van der Waals surface area contributed by atoms with Gasteiger partial charge in [0.25, 0.3) is 0 Å². The molecule has 0 aliphatic carbocycles. The third-order valence-corrected chi connectivity index (χ3v) is 6.80. The Bertz CT molecular complexity index is 1260. The second-order valence-corrected chi connectivity index (χ2v) is 9.22. The van der Waals surface area contributed by atoms with Gasteiger partial charge in [-0.1, -0.05) is 61.5 Å². The van der Waals surface area contributed by atoms with E-state index in [4.69, 9.17) is 9.47 Å². The molecule has 176 valence electrons. The van der Waals surface area contributed by atoms with E-state index in [0.717, 1.165) is 38.2 Å². The summed E-state index contributed by atoms with van der Waals surface area (Å²) in [5.74, 6) is 0.973. The first-order valence-corrected chi connectivity index (χ1v) is 12.4. The van der Waals surface area contributed by atoms with Gasteiger partial charge < -0.3 is 14.0 Å². The molecule has 5 rings (SSSR count). The van der Waals surface area contributed by atoms with Crippen LogP contribution in [0.5, 0.6) is 5.75 Å². The van der Waals surface area contributed by atoms with E-state index in [-0.39, 0.29) is 0 Å². The Balaban J connectivity index is 1.41. The molecule has 3 aromatic carbocycles. The molecule has 0 spiro atoms. The molecule has 2 bridgehead atoms. The smallest absolute Gasteiger partial charge is 0.122 e. The van der Waals surface area contributed by atoms with Gasteiger partial charge >= 0.3 is 0 Å². The van der Waals surface area contributed by atoms with Gasteiger partial charge in [-0.15, -0.1) is 0 Å². The lowest BCUT2D eigenvalue weighted by Gasteiger charge is -2.24. The number of ether oxygens (including phenoxy) is 2. The zero-order chi connectivity index (χ0) is 23.3. The third kappa shape index (κ3) is 5.19. The number of benzene rings is 3. The summed E-state index contributed by atoms with van der Waals surface area (Å²) in [6.45, 7) is 6.72. The first-order valence-electron chi connectivity index (χ1n) is 12.4. The van der Waals surface area contributed by atoms with Crippen molar-refractivity contribution in [1.82, 2.24) is 9.47 Å². The van der Waals surface area contributed by atoms with Crippen LogP contribution in [-0.2, 0) is 37.7 Å². The number of aryl methyl sites for hydroxylation is 2. The molecule has 2 heterocycles. The topological polar surface area (TPSA) is 26.6 Å². The lowest BCUT2D eigenvalue weighted by molar-refractivity contribution is 0.0752. The molecule has 4 aromatic rings. The number of hydrogen-bond acceptors (Lipinski definition) is 3. The molecule has 1 aliphatic rings. The Kier molecular flexibility index (Phi) is 6.98. The molecule has 0 atom stereocenters. The monoisotopic (exact) mass is 454 g/mol. The van der Waals surface area contributed by atoms with Crippen LogP contribution in [0.2, 0.25) is 0 Å². The molecule has 0 fully saturated rings. The normalized spacial score (nSPS) is 15.5. The van der Waals surface area contributed by atoms with Crippen LogP contribution >= 0.6 is 0 Å². The Morgan fingerprint density at radius 2 is 1.74 bits per heavy atom. The van der Waals surface area contributed by atoms with Crippen LogP contribution < -0.4 is 4.74 Å². The number of aromatic nitrogens is 1. The van der Waals surface area contributed by atoms with Crippen molar-refractivity contribution in [3.63, 3.8) is 0 Å². The van der Waals surface area contributed by atoms with E-state index in [2.05, 4.69) is 96.2 Å². The quantitative estimate of drug-likeness (QED) is 0.395. The van der Waals surface area contributed by atoms with E-state index in [1.54, 1.807) is 0 Å². The predicted molar refractivity (Wildman–Crippen MR) is 138 cm³/mol. The van der Waals surface area contributed by atoms with E-state index in [1.165, 1.54) is 38.9 Å². The van der Waals surface area contributed by atoms with E-state index in [0.29, 0.717) is 19.8 Å². The Hall–Kier alpha value is -3.08. The number of rotatable bonds is 3. The van der Waals surface area contributed by atoms with Gasteiger partial charge in [0.1, 0.15) is 12.4 Å². The molecule has 1 aromatic heterocycles. The van der Waals surface area contributed by atoms with E-state index >= 15 is 0 Å². The molecule has 0 saturated heterocycles. The second-order valence-electron chi connectivity index (χ2n) is 9.22. The van der Waals surface area contributed by atoms with Crippen molar-refractivity contribution in [2.75, 3.05) is 26.4 Å². The average Bonchev–Trinajstić information content (AvgIpc) is 3.16. The summed E-state index contributed by atoms with van der Waals surface area (Å²) in [7, 11) is 2.16. The van der Waals surface area contributed by atoms with Gasteiger partial charge in [-0.05, 0) is 52.3 Å². The molecule has 34 heavy (non-hydrogen) atoms. The van der Waals surface area contributed by atoms with Gasteiger partial charge in [0.15, 0.2) is 0 Å². The molecule has 1 aliphatic heterocycles. The van der Waals surface area contributed by atoms with Crippen molar-refractivity contribution in [1.29, 1.82) is 0 Å². The summed E-state index contributed by atoms with van der Waals surface area (Å²) in [6.07, 6.45) is 1.90. The largest absolute Gasteiger partial charge is 0.491 e. The molecule has 0 N–H and O–H groups in total. The minimum atomic E-state index is 0.571. The summed E-state index contributed by atoms with van der Waals surface area (Å²) >= 11 is 0. The lowest BCUT2D eigenvalue weighted by atomic mass is 9.99. The van der Waals surface area contributed by atoms with Gasteiger partial charge in [0, 0.05) is 44.3 Å². The SMILES string of the molecule is CCc1ccc2c(c1)Cc1cccc(c1)CN(Cc1cc3ccccc3n1C)CCOCCO2. The van der Waals surface area contributed by atoms with Crippen molar-refractivity contribution >= 4 is 10.9 Å². The first kappa shape index (κ1) is 22.7. The molecule has 0 radical (unpaired) electrons. The van der Waals surface area contributed by atoms with E-state index in [9.17, 15) is 0 Å². The predicted octanol–water partition coefficient (Wildman–Crippen LogP) is 5.74. The van der Waals surface area contributed by atoms with Crippen molar-refractivity contribution in [3.05, 3.63) is 101 Å². The van der Waals surface area contributed by atoms with Crippen LogP contribution in [0.4, 0.5) is 0 Å². The molecule has 0 saturated carbocycles. The van der Waals surface area contributed by atoms with Crippen LogP contribution in [0.1, 0.15) is 34.9 Å². The lowest BCUT2D eigenvalue weighted by Crippen LogP contribution is -2.28.